The number of aromatic amines is 1. The highest BCUT2D eigenvalue weighted by Crippen LogP contribution is 2.30. The normalized spacial score (nSPS) is 14.3. The molecule has 1 fully saturated rings. The highest BCUT2D eigenvalue weighted by atomic mass is 35.5. The number of nitrogens with zero attached hydrogens (tertiary/aromatic N) is 4. The number of ether oxygens (including phenoxy) is 1. The number of aromatic nitrogens is 3. The van der Waals surface area contributed by atoms with Crippen molar-refractivity contribution in [2.45, 2.75) is 57.8 Å². The second-order valence-corrected chi connectivity index (χ2v) is 11.9. The summed E-state index contributed by atoms with van der Waals surface area (Å²) in [5.74, 6) is 3.20. The van der Waals surface area contributed by atoms with Crippen LogP contribution in [0.4, 0.5) is 0 Å². The summed E-state index contributed by atoms with van der Waals surface area (Å²) in [6, 6.07) is 23.8. The molecule has 0 unspecified atom stereocenters. The minimum absolute atomic E-state index is 0.501. The summed E-state index contributed by atoms with van der Waals surface area (Å²) < 4.78 is 8.26. The van der Waals surface area contributed by atoms with Crippen LogP contribution in [-0.2, 0) is 12.8 Å². The molecule has 6 rings (SSSR count). The minimum atomic E-state index is 0.501. The molecule has 2 aromatic heterocycles. The molecule has 0 atom stereocenters. The van der Waals surface area contributed by atoms with Gasteiger partial charge in [-0.2, -0.15) is 5.26 Å². The topological polar surface area (TPSA) is 69.9 Å². The van der Waals surface area contributed by atoms with Crippen LogP contribution in [0.3, 0.4) is 0 Å². The number of hydrogen-bond acceptors (Lipinski definition) is 4. The van der Waals surface area contributed by atoms with Crippen molar-refractivity contribution in [1.82, 2.24) is 19.4 Å². The number of piperidine rings is 1. The monoisotopic (exact) mass is 591 g/mol. The zero-order valence-electron chi connectivity index (χ0n) is 24.7. The van der Waals surface area contributed by atoms with E-state index in [0.29, 0.717) is 10.9 Å². The van der Waals surface area contributed by atoms with E-state index in [-0.39, 0.29) is 0 Å². The van der Waals surface area contributed by atoms with Crippen LogP contribution in [0, 0.1) is 11.3 Å². The Bertz CT molecular complexity index is 1690. The number of nitrogens with one attached hydrogen (secondary N) is 1. The molecule has 0 saturated carbocycles. The fraction of sp³-hybridized carbons (Fsp3) is 0.333. The fourth-order valence-electron chi connectivity index (χ4n) is 6.13. The third-order valence-electron chi connectivity index (χ3n) is 8.51. The molecule has 7 heteroatoms. The van der Waals surface area contributed by atoms with Crippen molar-refractivity contribution in [2.75, 3.05) is 19.6 Å². The van der Waals surface area contributed by atoms with Gasteiger partial charge in [-0.3, -0.25) is 0 Å². The first-order valence-corrected chi connectivity index (χ1v) is 15.8. The summed E-state index contributed by atoms with van der Waals surface area (Å²) in [5, 5.41) is 11.1. The Morgan fingerprint density at radius 3 is 2.44 bits per heavy atom. The predicted octanol–water partition coefficient (Wildman–Crippen LogP) is 8.83. The molecule has 3 aromatic carbocycles. The van der Waals surface area contributed by atoms with E-state index in [1.807, 2.05) is 54.6 Å². The third-order valence-corrected chi connectivity index (χ3v) is 8.76. The molecule has 220 valence electrons. The smallest absolute Gasteiger partial charge is 0.127 e. The van der Waals surface area contributed by atoms with Crippen LogP contribution in [0.2, 0.25) is 5.02 Å². The largest absolute Gasteiger partial charge is 0.457 e. The van der Waals surface area contributed by atoms with E-state index in [1.54, 1.807) is 0 Å². The molecule has 0 spiro atoms. The zero-order chi connectivity index (χ0) is 29.6. The Labute approximate surface area is 258 Å². The van der Waals surface area contributed by atoms with Crippen molar-refractivity contribution < 1.29 is 4.74 Å². The number of halogens is 1. The van der Waals surface area contributed by atoms with Gasteiger partial charge in [0.2, 0.25) is 0 Å². The van der Waals surface area contributed by atoms with E-state index in [2.05, 4.69) is 52.0 Å². The molecule has 3 heterocycles. The summed E-state index contributed by atoms with van der Waals surface area (Å²) in [6.07, 6.45) is 12.1. The van der Waals surface area contributed by atoms with Gasteiger partial charge in [0, 0.05) is 46.3 Å². The van der Waals surface area contributed by atoms with Gasteiger partial charge in [0.1, 0.15) is 17.3 Å². The first-order valence-electron chi connectivity index (χ1n) is 15.4. The van der Waals surface area contributed by atoms with Crippen LogP contribution in [0.15, 0.2) is 79.1 Å². The van der Waals surface area contributed by atoms with Crippen LogP contribution in [-0.4, -0.2) is 39.1 Å². The fourth-order valence-corrected chi connectivity index (χ4v) is 6.26. The molecule has 1 saturated heterocycles. The minimum Gasteiger partial charge on any atom is -0.457 e. The number of likely N-dealkylation sites (tertiary alicyclic amines) is 1. The SMILES string of the molecule is CCCc1nc(C2CCN(CCCCc3c[nH]c4ccc(C#N)cc34)CC2)cn1-c1ccc(Oc2ccc(Cl)cc2)cc1. The van der Waals surface area contributed by atoms with Crippen LogP contribution >= 0.6 is 11.6 Å². The van der Waals surface area contributed by atoms with Crippen molar-refractivity contribution in [3.8, 4) is 23.3 Å². The lowest BCUT2D eigenvalue weighted by molar-refractivity contribution is 0.207. The Kier molecular flexibility index (Phi) is 9.12. The average molecular weight is 592 g/mol. The lowest BCUT2D eigenvalue weighted by Crippen LogP contribution is -2.33. The summed E-state index contributed by atoms with van der Waals surface area (Å²) in [4.78, 5) is 11.1. The maximum atomic E-state index is 9.25. The lowest BCUT2D eigenvalue weighted by atomic mass is 9.94. The molecule has 0 bridgehead atoms. The molecule has 0 aliphatic carbocycles. The third kappa shape index (κ3) is 6.96. The van der Waals surface area contributed by atoms with Gasteiger partial charge in [0.25, 0.3) is 0 Å². The lowest BCUT2D eigenvalue weighted by Gasteiger charge is -2.31. The highest BCUT2D eigenvalue weighted by molar-refractivity contribution is 6.30. The molecule has 1 aliphatic heterocycles. The number of nitriles is 1. The molecule has 6 nitrogen and oxygen atoms in total. The van der Waals surface area contributed by atoms with Crippen molar-refractivity contribution >= 4 is 22.5 Å². The summed E-state index contributed by atoms with van der Waals surface area (Å²) >= 11 is 6.00. The second-order valence-electron chi connectivity index (χ2n) is 11.5. The Hall–Kier alpha value is -4.05. The standard InChI is InChI=1S/C36H38ClN5O/c1-2-5-36-40-35(25-42(36)30-10-14-32(15-11-30)43-31-12-8-29(37)9-13-31)27-17-20-41(21-18-27)19-4-3-6-28-24-39-34-16-7-26(23-38)22-33(28)34/h7-16,22,24-25,27,39H,2-6,17-21H2,1H3. The van der Waals surface area contributed by atoms with Gasteiger partial charge in [-0.1, -0.05) is 18.5 Å². The maximum Gasteiger partial charge on any atom is 0.127 e. The van der Waals surface area contributed by atoms with Gasteiger partial charge in [-0.05, 0) is 130 Å². The van der Waals surface area contributed by atoms with E-state index in [0.717, 1.165) is 92.3 Å². The first kappa shape index (κ1) is 29.0. The van der Waals surface area contributed by atoms with Gasteiger partial charge in [0.05, 0.1) is 17.3 Å². The molecule has 43 heavy (non-hydrogen) atoms. The van der Waals surface area contributed by atoms with E-state index in [4.69, 9.17) is 21.3 Å². The summed E-state index contributed by atoms with van der Waals surface area (Å²) in [7, 11) is 0. The highest BCUT2D eigenvalue weighted by Gasteiger charge is 2.23. The van der Waals surface area contributed by atoms with Gasteiger partial charge < -0.3 is 19.2 Å². The van der Waals surface area contributed by atoms with Gasteiger partial charge in [-0.25, -0.2) is 4.98 Å². The number of hydrogen-bond donors (Lipinski definition) is 1. The Balaban J connectivity index is 1.02. The maximum absolute atomic E-state index is 9.25. The number of fused-ring (bicyclic) bond motifs is 1. The Morgan fingerprint density at radius 1 is 0.977 bits per heavy atom. The summed E-state index contributed by atoms with van der Waals surface area (Å²) in [5.41, 5.74) is 5.48. The van der Waals surface area contributed by atoms with Crippen molar-refractivity contribution in [1.29, 1.82) is 5.26 Å². The van der Waals surface area contributed by atoms with Crippen molar-refractivity contribution in [2.24, 2.45) is 0 Å². The number of imidazole rings is 1. The quantitative estimate of drug-likeness (QED) is 0.156. The first-order chi connectivity index (χ1) is 21.1. The molecule has 0 amide bonds. The van der Waals surface area contributed by atoms with Crippen LogP contribution < -0.4 is 4.74 Å². The average Bonchev–Trinajstić information content (AvgIpc) is 3.65. The van der Waals surface area contributed by atoms with Crippen LogP contribution in [0.25, 0.3) is 16.6 Å². The van der Waals surface area contributed by atoms with Crippen molar-refractivity contribution in [3.63, 3.8) is 0 Å². The van der Waals surface area contributed by atoms with Gasteiger partial charge in [0.15, 0.2) is 0 Å². The summed E-state index contributed by atoms with van der Waals surface area (Å²) in [6.45, 7) is 5.59. The van der Waals surface area contributed by atoms with Crippen LogP contribution in [0.5, 0.6) is 11.5 Å². The molecule has 5 aromatic rings. The number of H-pyrrole nitrogens is 1. The van der Waals surface area contributed by atoms with E-state index < -0.39 is 0 Å². The molecule has 1 N–H and O–H groups in total. The van der Waals surface area contributed by atoms with Gasteiger partial charge in [-0.15, -0.1) is 0 Å². The predicted molar refractivity (Wildman–Crippen MR) is 173 cm³/mol. The number of rotatable bonds is 11. The van der Waals surface area contributed by atoms with E-state index in [9.17, 15) is 5.26 Å². The van der Waals surface area contributed by atoms with E-state index >= 15 is 0 Å². The number of unbranched alkanes of at least 4 members (excludes halogenated alkanes) is 1. The van der Waals surface area contributed by atoms with Crippen LogP contribution in [0.1, 0.15) is 67.6 Å². The van der Waals surface area contributed by atoms with Gasteiger partial charge >= 0.3 is 0 Å². The van der Waals surface area contributed by atoms with Crippen molar-refractivity contribution in [3.05, 3.63) is 107 Å². The molecular formula is C36H38ClN5O. The molecular weight excluding hydrogens is 554 g/mol. The second kappa shape index (κ2) is 13.5. The zero-order valence-corrected chi connectivity index (χ0v) is 25.5. The molecule has 1 aliphatic rings. The molecule has 0 radical (unpaired) electrons. The number of benzene rings is 3. The van der Waals surface area contributed by atoms with E-state index in [1.165, 1.54) is 23.1 Å². The number of aryl methyl sites for hydroxylation is 2. The Morgan fingerprint density at radius 2 is 1.72 bits per heavy atom.